The molecule has 1 aromatic heterocycles. The SMILES string of the molecule is O=C(NCc1ccc(C(=O)Nc2nccs2)cc1)c1ccccc1. The van der Waals surface area contributed by atoms with Gasteiger partial charge in [-0.1, -0.05) is 30.3 Å². The second kappa shape index (κ2) is 7.52. The van der Waals surface area contributed by atoms with Gasteiger partial charge < -0.3 is 5.32 Å². The van der Waals surface area contributed by atoms with E-state index in [-0.39, 0.29) is 11.8 Å². The Morgan fingerprint density at radius 2 is 1.62 bits per heavy atom. The van der Waals surface area contributed by atoms with Crippen molar-refractivity contribution in [1.29, 1.82) is 0 Å². The molecule has 3 rings (SSSR count). The Hall–Kier alpha value is -2.99. The monoisotopic (exact) mass is 337 g/mol. The van der Waals surface area contributed by atoms with Crippen LogP contribution in [0.15, 0.2) is 66.2 Å². The second-order valence-electron chi connectivity index (χ2n) is 5.04. The first-order chi connectivity index (χ1) is 11.7. The van der Waals surface area contributed by atoms with E-state index < -0.39 is 0 Å². The van der Waals surface area contributed by atoms with Crippen LogP contribution in [0.4, 0.5) is 5.13 Å². The number of carbonyl (C=O) groups excluding carboxylic acids is 2. The molecule has 0 atom stereocenters. The standard InChI is InChI=1S/C18H15N3O2S/c22-16(14-4-2-1-3-5-14)20-12-13-6-8-15(9-7-13)17(23)21-18-19-10-11-24-18/h1-11H,12H2,(H,20,22)(H,19,21,23). The summed E-state index contributed by atoms with van der Waals surface area (Å²) in [6, 6.07) is 16.1. The summed E-state index contributed by atoms with van der Waals surface area (Å²) < 4.78 is 0. The maximum Gasteiger partial charge on any atom is 0.257 e. The van der Waals surface area contributed by atoms with E-state index in [0.717, 1.165) is 5.56 Å². The third kappa shape index (κ3) is 4.05. The minimum atomic E-state index is -0.204. The number of aromatic nitrogens is 1. The summed E-state index contributed by atoms with van der Waals surface area (Å²) in [6.45, 7) is 0.405. The van der Waals surface area contributed by atoms with Gasteiger partial charge in [-0.05, 0) is 29.8 Å². The molecular formula is C18H15N3O2S. The fourth-order valence-corrected chi connectivity index (χ4v) is 2.63. The van der Waals surface area contributed by atoms with Gasteiger partial charge in [0.2, 0.25) is 0 Å². The smallest absolute Gasteiger partial charge is 0.257 e. The van der Waals surface area contributed by atoms with Crippen molar-refractivity contribution in [2.75, 3.05) is 5.32 Å². The fraction of sp³-hybridized carbons (Fsp3) is 0.0556. The van der Waals surface area contributed by atoms with E-state index in [4.69, 9.17) is 0 Å². The van der Waals surface area contributed by atoms with Gasteiger partial charge in [0, 0.05) is 29.2 Å². The summed E-state index contributed by atoms with van der Waals surface area (Å²) in [5.74, 6) is -0.328. The molecule has 0 saturated heterocycles. The number of nitrogens with one attached hydrogen (secondary N) is 2. The molecule has 2 aromatic carbocycles. The lowest BCUT2D eigenvalue weighted by Gasteiger charge is -2.07. The molecule has 6 heteroatoms. The van der Waals surface area contributed by atoms with Gasteiger partial charge >= 0.3 is 0 Å². The van der Waals surface area contributed by atoms with Crippen LogP contribution < -0.4 is 10.6 Å². The van der Waals surface area contributed by atoms with Gasteiger partial charge in [-0.25, -0.2) is 4.98 Å². The van der Waals surface area contributed by atoms with Gasteiger partial charge in [-0.15, -0.1) is 11.3 Å². The van der Waals surface area contributed by atoms with E-state index in [1.807, 2.05) is 30.3 Å². The molecule has 1 heterocycles. The molecule has 0 unspecified atom stereocenters. The first-order valence-corrected chi connectivity index (χ1v) is 8.23. The van der Waals surface area contributed by atoms with Crippen molar-refractivity contribution in [2.24, 2.45) is 0 Å². The van der Waals surface area contributed by atoms with Gasteiger partial charge in [0.15, 0.2) is 5.13 Å². The highest BCUT2D eigenvalue weighted by molar-refractivity contribution is 7.13. The summed E-state index contributed by atoms with van der Waals surface area (Å²) >= 11 is 1.37. The Bertz CT molecular complexity index is 815. The molecule has 0 fully saturated rings. The number of rotatable bonds is 5. The molecule has 0 radical (unpaired) electrons. The molecule has 0 bridgehead atoms. The quantitative estimate of drug-likeness (QED) is 0.750. The van der Waals surface area contributed by atoms with Crippen LogP contribution in [-0.4, -0.2) is 16.8 Å². The molecule has 5 nitrogen and oxygen atoms in total. The van der Waals surface area contributed by atoms with E-state index >= 15 is 0 Å². The van der Waals surface area contributed by atoms with E-state index in [9.17, 15) is 9.59 Å². The van der Waals surface area contributed by atoms with Crippen molar-refractivity contribution < 1.29 is 9.59 Å². The van der Waals surface area contributed by atoms with Crippen LogP contribution in [0.1, 0.15) is 26.3 Å². The molecular weight excluding hydrogens is 322 g/mol. The molecule has 0 spiro atoms. The molecule has 0 aliphatic rings. The zero-order valence-electron chi connectivity index (χ0n) is 12.7. The lowest BCUT2D eigenvalue weighted by Crippen LogP contribution is -2.22. The zero-order chi connectivity index (χ0) is 16.8. The average Bonchev–Trinajstić information content (AvgIpc) is 3.14. The van der Waals surface area contributed by atoms with Crippen LogP contribution >= 0.6 is 11.3 Å². The van der Waals surface area contributed by atoms with Crippen LogP contribution in [0.3, 0.4) is 0 Å². The van der Waals surface area contributed by atoms with Crippen molar-refractivity contribution in [1.82, 2.24) is 10.3 Å². The predicted molar refractivity (Wildman–Crippen MR) is 94.1 cm³/mol. The summed E-state index contributed by atoms with van der Waals surface area (Å²) in [5.41, 5.74) is 2.09. The number of anilines is 1. The Balaban J connectivity index is 1.56. The summed E-state index contributed by atoms with van der Waals surface area (Å²) in [6.07, 6.45) is 1.64. The van der Waals surface area contributed by atoms with E-state index in [1.165, 1.54) is 11.3 Å². The number of nitrogens with zero attached hydrogens (tertiary/aromatic N) is 1. The Labute approximate surface area is 143 Å². The van der Waals surface area contributed by atoms with Crippen molar-refractivity contribution >= 4 is 28.3 Å². The van der Waals surface area contributed by atoms with Crippen LogP contribution in [0.25, 0.3) is 0 Å². The highest BCUT2D eigenvalue weighted by Gasteiger charge is 2.08. The third-order valence-electron chi connectivity index (χ3n) is 3.36. The molecule has 2 amide bonds. The predicted octanol–water partition coefficient (Wildman–Crippen LogP) is 3.33. The Morgan fingerprint density at radius 3 is 2.29 bits per heavy atom. The summed E-state index contributed by atoms with van der Waals surface area (Å²) in [4.78, 5) is 28.1. The maximum absolute atomic E-state index is 12.1. The van der Waals surface area contributed by atoms with Crippen molar-refractivity contribution in [3.63, 3.8) is 0 Å². The van der Waals surface area contributed by atoms with Gasteiger partial charge in [-0.3, -0.25) is 14.9 Å². The van der Waals surface area contributed by atoms with Crippen LogP contribution in [0, 0.1) is 0 Å². The first-order valence-electron chi connectivity index (χ1n) is 7.35. The second-order valence-corrected chi connectivity index (χ2v) is 5.93. The minimum absolute atomic E-state index is 0.124. The molecule has 3 aromatic rings. The van der Waals surface area contributed by atoms with Crippen LogP contribution in [0.5, 0.6) is 0 Å². The number of amides is 2. The zero-order valence-corrected chi connectivity index (χ0v) is 13.5. The molecule has 0 aliphatic carbocycles. The van der Waals surface area contributed by atoms with Gasteiger partial charge in [-0.2, -0.15) is 0 Å². The van der Waals surface area contributed by atoms with Gasteiger partial charge in [0.25, 0.3) is 11.8 Å². The Kier molecular flexibility index (Phi) is 4.98. The average molecular weight is 337 g/mol. The molecule has 0 saturated carbocycles. The lowest BCUT2D eigenvalue weighted by molar-refractivity contribution is 0.0950. The first kappa shape index (κ1) is 15.9. The summed E-state index contributed by atoms with van der Waals surface area (Å²) in [5, 5.41) is 7.95. The number of hydrogen-bond donors (Lipinski definition) is 2. The Morgan fingerprint density at radius 1 is 0.917 bits per heavy atom. The van der Waals surface area contributed by atoms with Crippen LogP contribution in [-0.2, 0) is 6.54 Å². The van der Waals surface area contributed by atoms with Crippen molar-refractivity contribution in [3.8, 4) is 0 Å². The van der Waals surface area contributed by atoms with E-state index in [1.54, 1.807) is 35.8 Å². The highest BCUT2D eigenvalue weighted by atomic mass is 32.1. The highest BCUT2D eigenvalue weighted by Crippen LogP contribution is 2.13. The lowest BCUT2D eigenvalue weighted by atomic mass is 10.1. The molecule has 0 aliphatic heterocycles. The number of hydrogen-bond acceptors (Lipinski definition) is 4. The van der Waals surface area contributed by atoms with Crippen molar-refractivity contribution in [2.45, 2.75) is 6.54 Å². The normalized spacial score (nSPS) is 10.2. The fourth-order valence-electron chi connectivity index (χ4n) is 2.10. The van der Waals surface area contributed by atoms with Crippen molar-refractivity contribution in [3.05, 3.63) is 82.9 Å². The van der Waals surface area contributed by atoms with E-state index in [2.05, 4.69) is 15.6 Å². The molecule has 2 N–H and O–H groups in total. The largest absolute Gasteiger partial charge is 0.348 e. The minimum Gasteiger partial charge on any atom is -0.348 e. The molecule has 120 valence electrons. The number of thiazole rings is 1. The maximum atomic E-state index is 12.1. The van der Waals surface area contributed by atoms with Gasteiger partial charge in [0.1, 0.15) is 0 Å². The number of benzene rings is 2. The topological polar surface area (TPSA) is 71.1 Å². The van der Waals surface area contributed by atoms with Crippen LogP contribution in [0.2, 0.25) is 0 Å². The van der Waals surface area contributed by atoms with Gasteiger partial charge in [0.05, 0.1) is 0 Å². The summed E-state index contributed by atoms with van der Waals surface area (Å²) in [7, 11) is 0. The number of carbonyl (C=O) groups is 2. The van der Waals surface area contributed by atoms with E-state index in [0.29, 0.717) is 22.8 Å². The third-order valence-corrected chi connectivity index (χ3v) is 4.05. The molecule has 24 heavy (non-hydrogen) atoms.